The lowest BCUT2D eigenvalue weighted by Crippen LogP contribution is -2.07. The lowest BCUT2D eigenvalue weighted by atomic mass is 10.0. The van der Waals surface area contributed by atoms with Crippen molar-refractivity contribution in [2.75, 3.05) is 7.11 Å². The number of aromatic nitrogens is 1. The Morgan fingerprint density at radius 1 is 1.14 bits per heavy atom. The van der Waals surface area contributed by atoms with Gasteiger partial charge < -0.3 is 4.74 Å². The van der Waals surface area contributed by atoms with Gasteiger partial charge in [0.2, 0.25) is 0 Å². The molecule has 0 N–H and O–H groups in total. The number of rotatable bonds is 3. The number of ketones is 1. The van der Waals surface area contributed by atoms with Gasteiger partial charge >= 0.3 is 0 Å². The Balaban J connectivity index is 2.12. The molecule has 3 nitrogen and oxygen atoms in total. The predicted molar refractivity (Wildman–Crippen MR) is 78.1 cm³/mol. The minimum Gasteiger partial charge on any atom is -0.496 e. The van der Waals surface area contributed by atoms with E-state index in [-0.39, 0.29) is 11.3 Å². The second-order valence-corrected chi connectivity index (χ2v) is 4.56. The van der Waals surface area contributed by atoms with E-state index >= 15 is 0 Å². The molecule has 3 aromatic rings. The Morgan fingerprint density at radius 2 is 2.00 bits per heavy atom. The molecule has 21 heavy (non-hydrogen) atoms. The van der Waals surface area contributed by atoms with E-state index in [1.54, 1.807) is 30.5 Å². The first-order valence-corrected chi connectivity index (χ1v) is 6.42. The van der Waals surface area contributed by atoms with E-state index < -0.39 is 11.6 Å². The molecule has 0 atom stereocenters. The summed E-state index contributed by atoms with van der Waals surface area (Å²) in [6.45, 7) is 0. The van der Waals surface area contributed by atoms with Crippen LogP contribution >= 0.6 is 0 Å². The third kappa shape index (κ3) is 2.36. The molecule has 0 aliphatic carbocycles. The van der Waals surface area contributed by atoms with Crippen molar-refractivity contribution >= 4 is 16.7 Å². The average molecular weight is 281 g/mol. The molecule has 0 radical (unpaired) electrons. The maximum Gasteiger partial charge on any atom is 0.199 e. The maximum absolute atomic E-state index is 14.0. The van der Waals surface area contributed by atoms with Gasteiger partial charge in [-0.2, -0.15) is 0 Å². The molecule has 0 aliphatic rings. The highest BCUT2D eigenvalue weighted by Crippen LogP contribution is 2.25. The highest BCUT2D eigenvalue weighted by Gasteiger charge is 2.19. The van der Waals surface area contributed by atoms with Crippen molar-refractivity contribution in [2.45, 2.75) is 0 Å². The first kappa shape index (κ1) is 13.2. The van der Waals surface area contributed by atoms with Gasteiger partial charge in [-0.3, -0.25) is 9.78 Å². The first-order valence-electron chi connectivity index (χ1n) is 6.42. The third-order valence-electron chi connectivity index (χ3n) is 3.29. The topological polar surface area (TPSA) is 39.2 Å². The van der Waals surface area contributed by atoms with E-state index in [2.05, 4.69) is 4.98 Å². The quantitative estimate of drug-likeness (QED) is 0.688. The summed E-state index contributed by atoms with van der Waals surface area (Å²) in [4.78, 5) is 16.7. The Kier molecular flexibility index (Phi) is 3.36. The van der Waals surface area contributed by atoms with E-state index in [0.29, 0.717) is 11.1 Å². The maximum atomic E-state index is 14.0. The normalized spacial score (nSPS) is 10.6. The van der Waals surface area contributed by atoms with Crippen molar-refractivity contribution in [1.82, 2.24) is 4.98 Å². The van der Waals surface area contributed by atoms with Crippen molar-refractivity contribution in [3.8, 4) is 5.75 Å². The van der Waals surface area contributed by atoms with Crippen molar-refractivity contribution < 1.29 is 13.9 Å². The fourth-order valence-corrected chi connectivity index (χ4v) is 2.25. The van der Waals surface area contributed by atoms with Gasteiger partial charge in [0.25, 0.3) is 0 Å². The standard InChI is InChI=1S/C17H12FNO2/c1-21-15-6-2-5-13(18)16(15)17(20)12-8-7-11-4-3-9-19-14(11)10-12/h2-10H,1H3. The van der Waals surface area contributed by atoms with Crippen LogP contribution in [0.4, 0.5) is 4.39 Å². The molecule has 2 aromatic carbocycles. The van der Waals surface area contributed by atoms with E-state index in [0.717, 1.165) is 5.39 Å². The van der Waals surface area contributed by atoms with Crippen molar-refractivity contribution in [1.29, 1.82) is 0 Å². The second-order valence-electron chi connectivity index (χ2n) is 4.56. The van der Waals surface area contributed by atoms with Gasteiger partial charge in [0, 0.05) is 17.1 Å². The van der Waals surface area contributed by atoms with Crippen molar-refractivity contribution in [2.24, 2.45) is 0 Å². The number of hydrogen-bond donors (Lipinski definition) is 0. The predicted octanol–water partition coefficient (Wildman–Crippen LogP) is 3.61. The van der Waals surface area contributed by atoms with Gasteiger partial charge in [-0.05, 0) is 24.3 Å². The first-order chi connectivity index (χ1) is 10.2. The highest BCUT2D eigenvalue weighted by molar-refractivity contribution is 6.12. The molecular weight excluding hydrogens is 269 g/mol. The average Bonchev–Trinajstić information content (AvgIpc) is 2.53. The van der Waals surface area contributed by atoms with Crippen LogP contribution in [0.2, 0.25) is 0 Å². The zero-order chi connectivity index (χ0) is 14.8. The summed E-state index contributed by atoms with van der Waals surface area (Å²) in [6, 6.07) is 13.2. The minimum atomic E-state index is -0.597. The number of nitrogens with zero attached hydrogens (tertiary/aromatic N) is 1. The Hall–Kier alpha value is -2.75. The molecular formula is C17H12FNO2. The fourth-order valence-electron chi connectivity index (χ4n) is 2.25. The summed E-state index contributed by atoms with van der Waals surface area (Å²) < 4.78 is 19.1. The van der Waals surface area contributed by atoms with Crippen LogP contribution in [-0.4, -0.2) is 17.9 Å². The number of halogens is 1. The molecule has 0 saturated carbocycles. The smallest absolute Gasteiger partial charge is 0.199 e. The summed E-state index contributed by atoms with van der Waals surface area (Å²) in [6.07, 6.45) is 1.65. The summed E-state index contributed by atoms with van der Waals surface area (Å²) in [5.74, 6) is -0.793. The molecule has 0 bridgehead atoms. The van der Waals surface area contributed by atoms with E-state index in [4.69, 9.17) is 4.74 Å². The van der Waals surface area contributed by atoms with Crippen LogP contribution in [0.25, 0.3) is 10.9 Å². The van der Waals surface area contributed by atoms with Gasteiger partial charge in [-0.15, -0.1) is 0 Å². The Bertz CT molecular complexity index is 830. The van der Waals surface area contributed by atoms with E-state index in [1.165, 1.54) is 19.2 Å². The number of benzene rings is 2. The summed E-state index contributed by atoms with van der Waals surface area (Å²) >= 11 is 0. The fraction of sp³-hybridized carbons (Fsp3) is 0.0588. The molecule has 0 fully saturated rings. The number of fused-ring (bicyclic) bond motifs is 1. The van der Waals surface area contributed by atoms with Gasteiger partial charge in [0.05, 0.1) is 12.6 Å². The molecule has 0 aliphatic heterocycles. The minimum absolute atomic E-state index is 0.0599. The number of ether oxygens (including phenoxy) is 1. The van der Waals surface area contributed by atoms with Crippen LogP contribution in [0.5, 0.6) is 5.75 Å². The lowest BCUT2D eigenvalue weighted by Gasteiger charge is -2.09. The largest absolute Gasteiger partial charge is 0.496 e. The molecule has 1 aromatic heterocycles. The van der Waals surface area contributed by atoms with Crippen molar-refractivity contribution in [3.63, 3.8) is 0 Å². The number of carbonyl (C=O) groups excluding carboxylic acids is 1. The van der Waals surface area contributed by atoms with Crippen LogP contribution in [0.3, 0.4) is 0 Å². The Labute approximate surface area is 121 Å². The monoisotopic (exact) mass is 281 g/mol. The second kappa shape index (κ2) is 5.32. The molecule has 4 heteroatoms. The summed E-state index contributed by atoms with van der Waals surface area (Å²) in [7, 11) is 1.41. The molecule has 1 heterocycles. The zero-order valence-electron chi connectivity index (χ0n) is 11.3. The third-order valence-corrected chi connectivity index (χ3v) is 3.29. The van der Waals surface area contributed by atoms with E-state index in [9.17, 15) is 9.18 Å². The van der Waals surface area contributed by atoms with Gasteiger partial charge in [0.1, 0.15) is 17.1 Å². The number of methoxy groups -OCH3 is 1. The van der Waals surface area contributed by atoms with E-state index in [1.807, 2.05) is 12.1 Å². The van der Waals surface area contributed by atoms with Gasteiger partial charge in [-0.1, -0.05) is 24.3 Å². The zero-order valence-corrected chi connectivity index (χ0v) is 11.3. The molecule has 3 rings (SSSR count). The highest BCUT2D eigenvalue weighted by atomic mass is 19.1. The van der Waals surface area contributed by atoms with Gasteiger partial charge in [-0.25, -0.2) is 4.39 Å². The SMILES string of the molecule is COc1cccc(F)c1C(=O)c1ccc2cccnc2c1. The Morgan fingerprint density at radius 3 is 2.81 bits per heavy atom. The molecule has 0 amide bonds. The van der Waals surface area contributed by atoms with Crippen LogP contribution in [0.15, 0.2) is 54.7 Å². The van der Waals surface area contributed by atoms with Crippen LogP contribution < -0.4 is 4.74 Å². The molecule has 0 saturated heterocycles. The van der Waals surface area contributed by atoms with Gasteiger partial charge in [0.15, 0.2) is 5.78 Å². The molecule has 0 spiro atoms. The number of hydrogen-bond acceptors (Lipinski definition) is 3. The summed E-state index contributed by atoms with van der Waals surface area (Å²) in [5, 5.41) is 0.926. The van der Waals surface area contributed by atoms with Crippen molar-refractivity contribution in [3.05, 3.63) is 71.7 Å². The molecule has 0 unspecified atom stereocenters. The van der Waals surface area contributed by atoms with Crippen LogP contribution in [0.1, 0.15) is 15.9 Å². The van der Waals surface area contributed by atoms with Crippen LogP contribution in [0, 0.1) is 5.82 Å². The number of carbonyl (C=O) groups is 1. The lowest BCUT2D eigenvalue weighted by molar-refractivity contribution is 0.103. The summed E-state index contributed by atoms with van der Waals surface area (Å²) in [5.41, 5.74) is 1.01. The number of pyridine rings is 1. The van der Waals surface area contributed by atoms with Crippen LogP contribution in [-0.2, 0) is 0 Å². The molecule has 104 valence electrons.